The van der Waals surface area contributed by atoms with Gasteiger partial charge in [0.15, 0.2) is 5.79 Å². The fraction of sp³-hybridized carbons (Fsp3) is 1.00. The van der Waals surface area contributed by atoms with E-state index in [4.69, 9.17) is 9.47 Å². The molecule has 0 N–H and O–H groups in total. The van der Waals surface area contributed by atoms with E-state index in [1.165, 1.54) is 103 Å². The molecule has 0 spiro atoms. The predicted octanol–water partition coefficient (Wildman–Crippen LogP) is 8.28. The maximum atomic E-state index is 5.85. The molecule has 2 heteroatoms. The average molecular weight is 371 g/mol. The first-order chi connectivity index (χ1) is 12.5. The van der Waals surface area contributed by atoms with Crippen LogP contribution in [0.3, 0.4) is 0 Å². The summed E-state index contributed by atoms with van der Waals surface area (Å²) in [5.41, 5.74) is 0.101. The van der Waals surface area contributed by atoms with E-state index >= 15 is 0 Å². The summed E-state index contributed by atoms with van der Waals surface area (Å²) in [5, 5.41) is 0. The van der Waals surface area contributed by atoms with Crippen LogP contribution in [0, 0.1) is 5.41 Å². The molecule has 0 aromatic heterocycles. The van der Waals surface area contributed by atoms with Crippen LogP contribution in [-0.4, -0.2) is 20.0 Å². The van der Waals surface area contributed by atoms with Crippen molar-refractivity contribution in [3.8, 4) is 0 Å². The van der Waals surface area contributed by atoms with Gasteiger partial charge in [-0.05, 0) is 19.8 Å². The van der Waals surface area contributed by atoms with E-state index < -0.39 is 5.79 Å². The van der Waals surface area contributed by atoms with Crippen LogP contribution in [0.1, 0.15) is 130 Å². The Labute approximate surface area is 165 Å². The molecule has 1 atom stereocenters. The molecule has 0 saturated carbocycles. The van der Waals surface area contributed by atoms with Gasteiger partial charge in [-0.3, -0.25) is 0 Å². The molecule has 1 unspecified atom stereocenters. The number of ether oxygens (including phenoxy) is 2. The Morgan fingerprint density at radius 2 is 0.808 bits per heavy atom. The molecule has 0 bridgehead atoms. The summed E-state index contributed by atoms with van der Waals surface area (Å²) in [5.74, 6) is -0.475. The van der Waals surface area contributed by atoms with Gasteiger partial charge >= 0.3 is 0 Å². The Balaban J connectivity index is 4.29. The summed E-state index contributed by atoms with van der Waals surface area (Å²) in [6.45, 7) is 9.08. The Morgan fingerprint density at radius 1 is 0.500 bits per heavy atom. The normalized spacial score (nSPS) is 14.5. The van der Waals surface area contributed by atoms with E-state index in [1.54, 1.807) is 14.2 Å². The number of unbranched alkanes of at least 4 members (excludes halogenated alkanes) is 12. The van der Waals surface area contributed by atoms with Crippen molar-refractivity contribution in [3.63, 3.8) is 0 Å². The maximum Gasteiger partial charge on any atom is 0.170 e. The molecule has 0 amide bonds. The molecule has 0 saturated heterocycles. The van der Waals surface area contributed by atoms with E-state index in [2.05, 4.69) is 27.7 Å². The Kier molecular flexibility index (Phi) is 15.9. The zero-order chi connectivity index (χ0) is 19.7. The van der Waals surface area contributed by atoms with E-state index in [-0.39, 0.29) is 5.41 Å². The molecular formula is C24H50O2. The minimum atomic E-state index is -0.475. The fourth-order valence-corrected chi connectivity index (χ4v) is 4.10. The summed E-state index contributed by atoms with van der Waals surface area (Å²) >= 11 is 0. The molecule has 0 aliphatic heterocycles. The Bertz CT molecular complexity index is 299. The summed E-state index contributed by atoms with van der Waals surface area (Å²) in [6, 6.07) is 0. The molecule has 0 heterocycles. The monoisotopic (exact) mass is 370 g/mol. The molecule has 26 heavy (non-hydrogen) atoms. The van der Waals surface area contributed by atoms with Crippen molar-refractivity contribution in [2.75, 3.05) is 14.2 Å². The van der Waals surface area contributed by atoms with Crippen LogP contribution in [-0.2, 0) is 9.47 Å². The van der Waals surface area contributed by atoms with Gasteiger partial charge in [-0.25, -0.2) is 0 Å². The van der Waals surface area contributed by atoms with Crippen LogP contribution in [0.25, 0.3) is 0 Å². The fourth-order valence-electron chi connectivity index (χ4n) is 4.10. The van der Waals surface area contributed by atoms with Crippen LogP contribution in [0.5, 0.6) is 0 Å². The minimum Gasteiger partial charge on any atom is -0.353 e. The van der Waals surface area contributed by atoms with E-state index in [9.17, 15) is 0 Å². The third-order valence-electron chi connectivity index (χ3n) is 6.54. The summed E-state index contributed by atoms with van der Waals surface area (Å²) in [7, 11) is 3.60. The zero-order valence-corrected chi connectivity index (χ0v) is 19.1. The number of methoxy groups -OCH3 is 2. The molecule has 158 valence electrons. The minimum absolute atomic E-state index is 0.101. The van der Waals surface area contributed by atoms with Crippen molar-refractivity contribution in [2.45, 2.75) is 136 Å². The first-order valence-corrected chi connectivity index (χ1v) is 11.6. The van der Waals surface area contributed by atoms with E-state index in [0.29, 0.717) is 0 Å². The van der Waals surface area contributed by atoms with Crippen molar-refractivity contribution >= 4 is 0 Å². The molecule has 0 aliphatic rings. The highest BCUT2D eigenvalue weighted by Crippen LogP contribution is 2.43. The van der Waals surface area contributed by atoms with Gasteiger partial charge in [-0.2, -0.15) is 0 Å². The lowest BCUT2D eigenvalue weighted by Crippen LogP contribution is -2.47. The van der Waals surface area contributed by atoms with Gasteiger partial charge in [0.2, 0.25) is 0 Å². The lowest BCUT2D eigenvalue weighted by Gasteiger charge is -2.45. The molecule has 0 rings (SSSR count). The Hall–Kier alpha value is -0.0800. The lowest BCUT2D eigenvalue weighted by atomic mass is 9.73. The maximum absolute atomic E-state index is 5.85. The van der Waals surface area contributed by atoms with Crippen molar-refractivity contribution in [1.29, 1.82) is 0 Å². The van der Waals surface area contributed by atoms with Gasteiger partial charge in [0.25, 0.3) is 0 Å². The van der Waals surface area contributed by atoms with Crippen LogP contribution < -0.4 is 0 Å². The number of hydrogen-bond acceptors (Lipinski definition) is 2. The average Bonchev–Trinajstić information content (AvgIpc) is 2.65. The molecule has 0 fully saturated rings. The van der Waals surface area contributed by atoms with Crippen molar-refractivity contribution < 1.29 is 9.47 Å². The van der Waals surface area contributed by atoms with Gasteiger partial charge < -0.3 is 9.47 Å². The summed E-state index contributed by atoms with van der Waals surface area (Å²) < 4.78 is 11.7. The largest absolute Gasteiger partial charge is 0.353 e. The standard InChI is InChI=1S/C24H50O2/c1-7-9-11-13-15-16-18-20-22-23(3,24(4,25-5)26-6)21-19-17-14-12-10-8-2/h7-22H2,1-6H3. The third kappa shape index (κ3) is 10.3. The van der Waals surface area contributed by atoms with Crippen molar-refractivity contribution in [3.05, 3.63) is 0 Å². The predicted molar refractivity (Wildman–Crippen MR) is 116 cm³/mol. The SMILES string of the molecule is CCCCCCCCCCC(C)(CCCCCCCC)C(C)(OC)OC. The molecule has 0 aliphatic carbocycles. The van der Waals surface area contributed by atoms with Gasteiger partial charge in [0.05, 0.1) is 0 Å². The van der Waals surface area contributed by atoms with Gasteiger partial charge in [0, 0.05) is 19.6 Å². The third-order valence-corrected chi connectivity index (χ3v) is 6.54. The summed E-state index contributed by atoms with van der Waals surface area (Å²) in [6.07, 6.45) is 21.5. The quantitative estimate of drug-likeness (QED) is 0.168. The Morgan fingerprint density at radius 3 is 1.12 bits per heavy atom. The zero-order valence-electron chi connectivity index (χ0n) is 19.1. The van der Waals surface area contributed by atoms with Crippen LogP contribution in [0.15, 0.2) is 0 Å². The first kappa shape index (κ1) is 25.9. The van der Waals surface area contributed by atoms with Gasteiger partial charge in [-0.1, -0.05) is 111 Å². The first-order valence-electron chi connectivity index (χ1n) is 11.6. The van der Waals surface area contributed by atoms with Gasteiger partial charge in [-0.15, -0.1) is 0 Å². The highest BCUT2D eigenvalue weighted by atomic mass is 16.7. The smallest absolute Gasteiger partial charge is 0.170 e. The summed E-state index contributed by atoms with van der Waals surface area (Å²) in [4.78, 5) is 0. The second-order valence-electron chi connectivity index (χ2n) is 8.66. The highest BCUT2D eigenvalue weighted by molar-refractivity contribution is 4.87. The van der Waals surface area contributed by atoms with Crippen LogP contribution in [0.4, 0.5) is 0 Å². The molecule has 0 aromatic carbocycles. The van der Waals surface area contributed by atoms with Crippen LogP contribution >= 0.6 is 0 Å². The number of hydrogen-bond donors (Lipinski definition) is 0. The molecule has 2 nitrogen and oxygen atoms in total. The van der Waals surface area contributed by atoms with Crippen LogP contribution in [0.2, 0.25) is 0 Å². The van der Waals surface area contributed by atoms with Gasteiger partial charge in [0.1, 0.15) is 0 Å². The lowest BCUT2D eigenvalue weighted by molar-refractivity contribution is -0.265. The number of rotatable bonds is 19. The molecular weight excluding hydrogens is 320 g/mol. The van der Waals surface area contributed by atoms with E-state index in [1.807, 2.05) is 0 Å². The van der Waals surface area contributed by atoms with E-state index in [0.717, 1.165) is 0 Å². The second kappa shape index (κ2) is 15.9. The topological polar surface area (TPSA) is 18.5 Å². The second-order valence-corrected chi connectivity index (χ2v) is 8.66. The molecule has 0 aromatic rings. The highest BCUT2D eigenvalue weighted by Gasteiger charge is 2.44. The van der Waals surface area contributed by atoms with Crippen molar-refractivity contribution in [1.82, 2.24) is 0 Å². The molecule has 0 radical (unpaired) electrons. The van der Waals surface area contributed by atoms with Crippen molar-refractivity contribution in [2.24, 2.45) is 5.41 Å².